The molecule has 0 saturated heterocycles. The van der Waals surface area contributed by atoms with Gasteiger partial charge in [0.15, 0.2) is 6.10 Å². The zero-order valence-corrected chi connectivity index (χ0v) is 9.40. The molecule has 0 aliphatic heterocycles. The number of halogens is 4. The van der Waals surface area contributed by atoms with E-state index in [9.17, 15) is 18.3 Å². The van der Waals surface area contributed by atoms with Crippen LogP contribution in [0.3, 0.4) is 0 Å². The molecule has 0 radical (unpaired) electrons. The summed E-state index contributed by atoms with van der Waals surface area (Å²) in [6, 6.07) is 4.16. The third-order valence-electron chi connectivity index (χ3n) is 1.96. The fourth-order valence-corrected chi connectivity index (χ4v) is 1.47. The smallest absolute Gasteiger partial charge is 0.406 e. The lowest BCUT2D eigenvalue weighted by Gasteiger charge is -2.15. The lowest BCUT2D eigenvalue weighted by atomic mass is 10.1. The van der Waals surface area contributed by atoms with Crippen LogP contribution in [0.5, 0.6) is 5.75 Å². The van der Waals surface area contributed by atoms with Gasteiger partial charge in [-0.2, -0.15) is 5.26 Å². The fraction of sp³-hybridized carbons (Fsp3) is 0.300. The Hall–Kier alpha value is -1.49. The van der Waals surface area contributed by atoms with E-state index in [-0.39, 0.29) is 10.6 Å². The summed E-state index contributed by atoms with van der Waals surface area (Å²) in [6.45, 7) is 0. The summed E-state index contributed by atoms with van der Waals surface area (Å²) in [6.07, 6.45) is -8.19. The van der Waals surface area contributed by atoms with Crippen molar-refractivity contribution in [2.24, 2.45) is 0 Å². The fourth-order valence-electron chi connectivity index (χ4n) is 1.19. The first-order chi connectivity index (χ1) is 8.24. The number of alkyl halides is 3. The molecular formula is C10H7ClF3NO3. The van der Waals surface area contributed by atoms with Crippen LogP contribution >= 0.6 is 11.6 Å². The number of ether oxygens (including phenoxy) is 1. The second kappa shape index (κ2) is 5.44. The molecule has 1 aromatic carbocycles. The molecule has 1 aromatic rings. The number of rotatable bonds is 3. The highest BCUT2D eigenvalue weighted by atomic mass is 35.5. The van der Waals surface area contributed by atoms with E-state index in [0.717, 1.165) is 18.2 Å². The van der Waals surface area contributed by atoms with Crippen LogP contribution in [-0.2, 0) is 0 Å². The molecule has 1 rings (SSSR count). The summed E-state index contributed by atoms with van der Waals surface area (Å²) >= 11 is 5.63. The van der Waals surface area contributed by atoms with Crippen LogP contribution in [0.2, 0.25) is 5.02 Å². The van der Waals surface area contributed by atoms with Gasteiger partial charge in [0.05, 0.1) is 11.1 Å². The van der Waals surface area contributed by atoms with Crippen LogP contribution < -0.4 is 4.74 Å². The standard InChI is InChI=1S/C10H7ClF3NO3/c11-7-3-5(18-10(12,13)14)1-2-6(7)9(17)8(16)4-15/h1-3,8-9,16-17H. The summed E-state index contributed by atoms with van der Waals surface area (Å²) in [7, 11) is 0. The Labute approximate surface area is 105 Å². The zero-order valence-electron chi connectivity index (χ0n) is 8.65. The van der Waals surface area contributed by atoms with Crippen molar-refractivity contribution in [1.82, 2.24) is 0 Å². The number of nitrogens with zero attached hydrogens (tertiary/aromatic N) is 1. The van der Waals surface area contributed by atoms with Crippen molar-refractivity contribution in [1.29, 1.82) is 5.26 Å². The van der Waals surface area contributed by atoms with E-state index < -0.39 is 24.3 Å². The Morgan fingerprint density at radius 1 is 1.33 bits per heavy atom. The summed E-state index contributed by atoms with van der Waals surface area (Å²) in [5, 5.41) is 26.7. The van der Waals surface area contributed by atoms with E-state index in [2.05, 4.69) is 4.74 Å². The Morgan fingerprint density at radius 3 is 2.39 bits per heavy atom. The Balaban J connectivity index is 2.97. The molecule has 2 unspecified atom stereocenters. The third-order valence-corrected chi connectivity index (χ3v) is 2.28. The molecule has 4 nitrogen and oxygen atoms in total. The van der Waals surface area contributed by atoms with Crippen LogP contribution in [0.15, 0.2) is 18.2 Å². The van der Waals surface area contributed by atoms with Crippen molar-refractivity contribution in [3.8, 4) is 11.8 Å². The molecule has 8 heteroatoms. The predicted octanol–water partition coefficient (Wildman–Crippen LogP) is 2.16. The van der Waals surface area contributed by atoms with E-state index in [0.29, 0.717) is 0 Å². The highest BCUT2D eigenvalue weighted by Gasteiger charge is 2.31. The van der Waals surface area contributed by atoms with Gasteiger partial charge in [0.1, 0.15) is 11.9 Å². The van der Waals surface area contributed by atoms with Gasteiger partial charge in [-0.3, -0.25) is 0 Å². The Morgan fingerprint density at radius 2 is 1.94 bits per heavy atom. The van der Waals surface area contributed by atoms with Gasteiger partial charge in [-0.1, -0.05) is 17.7 Å². The molecule has 0 spiro atoms. The minimum atomic E-state index is -4.85. The summed E-state index contributed by atoms with van der Waals surface area (Å²) in [5.74, 6) is -0.560. The largest absolute Gasteiger partial charge is 0.573 e. The lowest BCUT2D eigenvalue weighted by molar-refractivity contribution is -0.274. The third kappa shape index (κ3) is 3.77. The summed E-state index contributed by atoms with van der Waals surface area (Å²) in [5.41, 5.74) is -0.0692. The maximum absolute atomic E-state index is 11.9. The van der Waals surface area contributed by atoms with E-state index in [4.69, 9.17) is 22.0 Å². The van der Waals surface area contributed by atoms with Gasteiger partial charge in [-0.15, -0.1) is 13.2 Å². The van der Waals surface area contributed by atoms with Crippen molar-refractivity contribution in [2.45, 2.75) is 18.6 Å². The van der Waals surface area contributed by atoms with Crippen LogP contribution in [0.4, 0.5) is 13.2 Å². The van der Waals surface area contributed by atoms with E-state index in [1.807, 2.05) is 0 Å². The molecule has 0 fully saturated rings. The van der Waals surface area contributed by atoms with Crippen molar-refractivity contribution in [3.05, 3.63) is 28.8 Å². The number of aliphatic hydroxyl groups excluding tert-OH is 2. The molecule has 2 N–H and O–H groups in total. The minimum absolute atomic E-state index is 0.0692. The summed E-state index contributed by atoms with van der Waals surface area (Å²) < 4.78 is 39.4. The van der Waals surface area contributed by atoms with Gasteiger partial charge < -0.3 is 14.9 Å². The van der Waals surface area contributed by atoms with Crippen molar-refractivity contribution >= 4 is 11.6 Å². The molecule has 18 heavy (non-hydrogen) atoms. The molecule has 0 aliphatic carbocycles. The van der Waals surface area contributed by atoms with E-state index >= 15 is 0 Å². The average molecular weight is 282 g/mol. The van der Waals surface area contributed by atoms with Gasteiger partial charge in [0.25, 0.3) is 0 Å². The number of aliphatic hydroxyl groups is 2. The van der Waals surface area contributed by atoms with Gasteiger partial charge >= 0.3 is 6.36 Å². The quantitative estimate of drug-likeness (QED) is 0.833. The highest BCUT2D eigenvalue weighted by molar-refractivity contribution is 6.31. The number of hydrogen-bond acceptors (Lipinski definition) is 4. The van der Waals surface area contributed by atoms with E-state index in [1.54, 1.807) is 0 Å². The maximum atomic E-state index is 11.9. The molecule has 98 valence electrons. The van der Waals surface area contributed by atoms with Crippen molar-refractivity contribution in [3.63, 3.8) is 0 Å². The second-order valence-electron chi connectivity index (χ2n) is 3.25. The second-order valence-corrected chi connectivity index (χ2v) is 3.66. The van der Waals surface area contributed by atoms with Crippen molar-refractivity contribution < 1.29 is 28.1 Å². The lowest BCUT2D eigenvalue weighted by Crippen LogP contribution is -2.18. The van der Waals surface area contributed by atoms with Gasteiger partial charge in [0.2, 0.25) is 0 Å². The normalized spacial score (nSPS) is 14.7. The van der Waals surface area contributed by atoms with Gasteiger partial charge in [-0.25, -0.2) is 0 Å². The monoisotopic (exact) mass is 281 g/mol. The molecule has 0 heterocycles. The molecule has 2 atom stereocenters. The number of benzene rings is 1. The molecule has 0 bridgehead atoms. The Kier molecular flexibility index (Phi) is 4.40. The topological polar surface area (TPSA) is 73.5 Å². The highest BCUT2D eigenvalue weighted by Crippen LogP contribution is 2.31. The van der Waals surface area contributed by atoms with Crippen molar-refractivity contribution in [2.75, 3.05) is 0 Å². The first-order valence-electron chi connectivity index (χ1n) is 4.55. The van der Waals surface area contributed by atoms with Crippen LogP contribution in [0.25, 0.3) is 0 Å². The maximum Gasteiger partial charge on any atom is 0.573 e. The first-order valence-corrected chi connectivity index (χ1v) is 4.93. The Bertz CT molecular complexity index is 472. The molecular weight excluding hydrogens is 275 g/mol. The minimum Gasteiger partial charge on any atom is -0.406 e. The van der Waals surface area contributed by atoms with E-state index in [1.165, 1.54) is 6.07 Å². The molecule has 0 aliphatic rings. The predicted molar refractivity (Wildman–Crippen MR) is 54.7 cm³/mol. The van der Waals surface area contributed by atoms with Crippen LogP contribution in [-0.4, -0.2) is 22.7 Å². The van der Waals surface area contributed by atoms with Gasteiger partial charge in [-0.05, 0) is 12.1 Å². The van der Waals surface area contributed by atoms with Gasteiger partial charge in [0, 0.05) is 5.56 Å². The number of nitriles is 1. The number of hydrogen-bond donors (Lipinski definition) is 2. The molecule has 0 saturated carbocycles. The van der Waals surface area contributed by atoms with Crippen LogP contribution in [0, 0.1) is 11.3 Å². The average Bonchev–Trinajstić information content (AvgIpc) is 2.25. The first kappa shape index (κ1) is 14.6. The zero-order chi connectivity index (χ0) is 13.9. The summed E-state index contributed by atoms with van der Waals surface area (Å²) in [4.78, 5) is 0. The molecule has 0 amide bonds. The van der Waals surface area contributed by atoms with Crippen LogP contribution in [0.1, 0.15) is 11.7 Å². The molecule has 0 aromatic heterocycles. The SMILES string of the molecule is N#CC(O)C(O)c1ccc(OC(F)(F)F)cc1Cl.